The predicted molar refractivity (Wildman–Crippen MR) is 91.2 cm³/mol. The largest absolute Gasteiger partial charge is 0.497 e. The molecule has 1 N–H and O–H groups in total. The van der Waals surface area contributed by atoms with E-state index >= 15 is 0 Å². The fraction of sp³-hybridized carbons (Fsp3) is 0.500. The summed E-state index contributed by atoms with van der Waals surface area (Å²) >= 11 is 0. The Morgan fingerprint density at radius 3 is 2.60 bits per heavy atom. The second kappa shape index (κ2) is 7.13. The summed E-state index contributed by atoms with van der Waals surface area (Å²) in [6.07, 6.45) is 1.47. The third-order valence-corrected chi connectivity index (χ3v) is 4.78. The van der Waals surface area contributed by atoms with E-state index in [9.17, 15) is 14.4 Å². The van der Waals surface area contributed by atoms with Crippen LogP contribution >= 0.6 is 0 Å². The Labute approximate surface area is 146 Å². The number of carbonyl (C=O) groups is 3. The molecule has 2 aliphatic heterocycles. The van der Waals surface area contributed by atoms with Gasteiger partial charge in [-0.05, 0) is 30.7 Å². The van der Waals surface area contributed by atoms with Crippen molar-refractivity contribution in [2.24, 2.45) is 0 Å². The lowest BCUT2D eigenvalue weighted by molar-refractivity contribution is -0.152. The van der Waals surface area contributed by atoms with Crippen molar-refractivity contribution in [3.05, 3.63) is 29.8 Å². The minimum absolute atomic E-state index is 0.0389. The molecule has 134 valence electrons. The first-order chi connectivity index (χ1) is 12.0. The summed E-state index contributed by atoms with van der Waals surface area (Å²) in [4.78, 5) is 40.8. The maximum Gasteiger partial charge on any atom is 0.254 e. The summed E-state index contributed by atoms with van der Waals surface area (Å²) in [5, 5.41) is 2.80. The molecule has 7 heteroatoms. The predicted octanol–water partition coefficient (Wildman–Crippen LogP) is 0.647. The molecule has 2 heterocycles. The van der Waals surface area contributed by atoms with Gasteiger partial charge in [0.25, 0.3) is 5.91 Å². The molecule has 7 nitrogen and oxygen atoms in total. The van der Waals surface area contributed by atoms with Crippen molar-refractivity contribution in [2.45, 2.75) is 31.8 Å². The topological polar surface area (TPSA) is 79.0 Å². The molecule has 0 spiro atoms. The third kappa shape index (κ3) is 3.31. The van der Waals surface area contributed by atoms with Gasteiger partial charge in [-0.2, -0.15) is 0 Å². The number of fused-ring (bicyclic) bond motifs is 1. The molecule has 3 rings (SSSR count). The van der Waals surface area contributed by atoms with E-state index in [0.29, 0.717) is 30.8 Å². The number of rotatable bonds is 4. The Bertz CT molecular complexity index is 673. The van der Waals surface area contributed by atoms with E-state index in [-0.39, 0.29) is 24.3 Å². The van der Waals surface area contributed by atoms with E-state index in [2.05, 4.69) is 5.32 Å². The first-order valence-electron chi connectivity index (χ1n) is 8.59. The van der Waals surface area contributed by atoms with E-state index in [4.69, 9.17) is 4.74 Å². The third-order valence-electron chi connectivity index (χ3n) is 4.78. The van der Waals surface area contributed by atoms with Crippen molar-refractivity contribution in [2.75, 3.05) is 26.7 Å². The van der Waals surface area contributed by atoms with Gasteiger partial charge in [0.2, 0.25) is 11.8 Å². The van der Waals surface area contributed by atoms with Crippen LogP contribution in [-0.4, -0.2) is 66.3 Å². The van der Waals surface area contributed by atoms with Gasteiger partial charge in [0, 0.05) is 18.7 Å². The molecule has 1 aromatic carbocycles. The van der Waals surface area contributed by atoms with Gasteiger partial charge in [0.05, 0.1) is 13.7 Å². The van der Waals surface area contributed by atoms with Crippen molar-refractivity contribution >= 4 is 17.7 Å². The second-order valence-corrected chi connectivity index (χ2v) is 6.38. The molecule has 2 fully saturated rings. The van der Waals surface area contributed by atoms with Crippen LogP contribution in [0.1, 0.15) is 30.1 Å². The Morgan fingerprint density at radius 2 is 1.96 bits per heavy atom. The molecule has 2 atom stereocenters. The van der Waals surface area contributed by atoms with Crippen LogP contribution in [-0.2, 0) is 9.59 Å². The number of carbonyl (C=O) groups excluding carboxylic acids is 3. The maximum atomic E-state index is 12.7. The number of ether oxygens (including phenoxy) is 1. The molecule has 0 bridgehead atoms. The number of benzene rings is 1. The average molecular weight is 345 g/mol. The van der Waals surface area contributed by atoms with Gasteiger partial charge < -0.3 is 19.9 Å². The number of amides is 3. The molecule has 2 saturated heterocycles. The van der Waals surface area contributed by atoms with Crippen molar-refractivity contribution < 1.29 is 19.1 Å². The molecule has 0 aliphatic carbocycles. The van der Waals surface area contributed by atoms with E-state index < -0.39 is 12.1 Å². The molecule has 25 heavy (non-hydrogen) atoms. The molecule has 0 unspecified atom stereocenters. The highest BCUT2D eigenvalue weighted by Crippen LogP contribution is 2.20. The van der Waals surface area contributed by atoms with Crippen molar-refractivity contribution in [3.63, 3.8) is 0 Å². The number of hydrogen-bond donors (Lipinski definition) is 1. The lowest BCUT2D eigenvalue weighted by Gasteiger charge is -2.45. The van der Waals surface area contributed by atoms with Crippen molar-refractivity contribution in [3.8, 4) is 5.75 Å². The smallest absolute Gasteiger partial charge is 0.254 e. The average Bonchev–Trinajstić information content (AvgIpc) is 2.65. The lowest BCUT2D eigenvalue weighted by Crippen LogP contribution is -2.69. The zero-order chi connectivity index (χ0) is 18.0. The minimum Gasteiger partial charge on any atom is -0.497 e. The first-order valence-corrected chi connectivity index (χ1v) is 8.59. The first kappa shape index (κ1) is 17.3. The number of methoxy groups -OCH3 is 1. The summed E-state index contributed by atoms with van der Waals surface area (Å²) in [5.74, 6) is 0.326. The molecule has 0 saturated carbocycles. The van der Waals surface area contributed by atoms with E-state index in [1.807, 2.05) is 6.92 Å². The Morgan fingerprint density at radius 1 is 1.24 bits per heavy atom. The summed E-state index contributed by atoms with van der Waals surface area (Å²) in [7, 11) is 1.57. The standard InChI is InChI=1S/C18H23N3O4/c1-3-4-14-18(24)21-10-9-20(11-15(21)16(22)19-14)17(23)12-5-7-13(25-2)8-6-12/h5-8,14-15H,3-4,9-11H2,1-2H3,(H,19,22)/t14-,15+/m0/s1. The number of nitrogens with zero attached hydrogens (tertiary/aromatic N) is 2. The van der Waals surface area contributed by atoms with Crippen LogP contribution in [0.25, 0.3) is 0 Å². The van der Waals surface area contributed by atoms with Gasteiger partial charge in [-0.15, -0.1) is 0 Å². The van der Waals surface area contributed by atoms with Crippen LogP contribution < -0.4 is 10.1 Å². The molecule has 2 aliphatic rings. The van der Waals surface area contributed by atoms with E-state index in [1.54, 1.807) is 41.2 Å². The summed E-state index contributed by atoms with van der Waals surface area (Å²) in [5.41, 5.74) is 0.542. The molecule has 1 aromatic rings. The molecule has 3 amide bonds. The van der Waals surface area contributed by atoms with E-state index in [1.165, 1.54) is 0 Å². The van der Waals surface area contributed by atoms with Gasteiger partial charge in [-0.3, -0.25) is 14.4 Å². The van der Waals surface area contributed by atoms with E-state index in [0.717, 1.165) is 6.42 Å². The monoisotopic (exact) mass is 345 g/mol. The summed E-state index contributed by atoms with van der Waals surface area (Å²) in [6.45, 7) is 3.02. The number of nitrogens with one attached hydrogen (secondary N) is 1. The normalized spacial score (nSPS) is 23.1. The van der Waals surface area contributed by atoms with Gasteiger partial charge in [-0.25, -0.2) is 0 Å². The molecule has 0 radical (unpaired) electrons. The lowest BCUT2D eigenvalue weighted by atomic mass is 10.0. The maximum absolute atomic E-state index is 12.7. The van der Waals surface area contributed by atoms with Crippen LogP contribution in [0, 0.1) is 0 Å². The van der Waals surface area contributed by atoms with Gasteiger partial charge in [-0.1, -0.05) is 13.3 Å². The molecular weight excluding hydrogens is 322 g/mol. The van der Waals surface area contributed by atoms with Crippen molar-refractivity contribution in [1.29, 1.82) is 0 Å². The highest BCUT2D eigenvalue weighted by atomic mass is 16.5. The van der Waals surface area contributed by atoms with Crippen LogP contribution in [0.2, 0.25) is 0 Å². The van der Waals surface area contributed by atoms with Crippen LogP contribution in [0.15, 0.2) is 24.3 Å². The summed E-state index contributed by atoms with van der Waals surface area (Å²) < 4.78 is 5.10. The zero-order valence-electron chi connectivity index (χ0n) is 14.5. The van der Waals surface area contributed by atoms with Crippen molar-refractivity contribution in [1.82, 2.24) is 15.1 Å². The fourth-order valence-electron chi connectivity index (χ4n) is 3.39. The summed E-state index contributed by atoms with van der Waals surface area (Å²) in [6, 6.07) is 5.84. The minimum atomic E-state index is -0.600. The zero-order valence-corrected chi connectivity index (χ0v) is 14.5. The molecule has 0 aromatic heterocycles. The Balaban J connectivity index is 1.71. The molecular formula is C18H23N3O4. The van der Waals surface area contributed by atoms with Gasteiger partial charge >= 0.3 is 0 Å². The number of piperazine rings is 2. The van der Waals surface area contributed by atoms with Crippen LogP contribution in [0.4, 0.5) is 0 Å². The quantitative estimate of drug-likeness (QED) is 0.869. The highest BCUT2D eigenvalue weighted by Gasteiger charge is 2.43. The van der Waals surface area contributed by atoms with Crippen LogP contribution in [0.3, 0.4) is 0 Å². The fourth-order valence-corrected chi connectivity index (χ4v) is 3.39. The number of hydrogen-bond acceptors (Lipinski definition) is 4. The second-order valence-electron chi connectivity index (χ2n) is 6.38. The van der Waals surface area contributed by atoms with Crippen LogP contribution in [0.5, 0.6) is 5.75 Å². The Hall–Kier alpha value is -2.57. The van der Waals surface area contributed by atoms with Gasteiger partial charge in [0.15, 0.2) is 0 Å². The SMILES string of the molecule is CCC[C@@H]1NC(=O)[C@H]2CN(C(=O)c3ccc(OC)cc3)CCN2C1=O. The van der Waals surface area contributed by atoms with Gasteiger partial charge in [0.1, 0.15) is 17.8 Å². The Kier molecular flexibility index (Phi) is 4.92. The highest BCUT2D eigenvalue weighted by molar-refractivity contribution is 5.99.